The van der Waals surface area contributed by atoms with Crippen molar-refractivity contribution in [1.82, 2.24) is 9.64 Å². The second-order valence-electron chi connectivity index (χ2n) is 17.0. The van der Waals surface area contributed by atoms with Crippen LogP contribution in [0.25, 0.3) is 17.4 Å². The fraction of sp³-hybridized carbons (Fsp3) is 0.488. The number of nitrogens with zero attached hydrogens (tertiary/aromatic N) is 3. The summed E-state index contributed by atoms with van der Waals surface area (Å²) in [7, 11) is -11.6. The van der Waals surface area contributed by atoms with Gasteiger partial charge in [0.2, 0.25) is 5.36 Å². The van der Waals surface area contributed by atoms with Gasteiger partial charge in [-0.05, 0) is 78.8 Å². The molecule has 356 valence electrons. The van der Waals surface area contributed by atoms with Crippen molar-refractivity contribution in [3.05, 3.63) is 82.6 Å². The number of benzene rings is 2. The van der Waals surface area contributed by atoms with Crippen molar-refractivity contribution in [2.24, 2.45) is 0 Å². The van der Waals surface area contributed by atoms with Gasteiger partial charge in [0, 0.05) is 61.3 Å². The molecule has 1 aliphatic carbocycles. The highest BCUT2D eigenvalue weighted by Crippen LogP contribution is 2.51. The van der Waals surface area contributed by atoms with Gasteiger partial charge in [-0.15, -0.1) is 5.06 Å². The molecule has 3 aliphatic heterocycles. The number of carbonyl (C=O) groups is 3. The third kappa shape index (κ3) is 13.6. The van der Waals surface area contributed by atoms with Crippen LogP contribution >= 0.6 is 0 Å². The molecule has 0 spiro atoms. The standard InChI is InChI=1S/C43H55N3O16S3/c1-42(2,3)34-28-31(61-37-27-30(11-13-33(34)37)44(20-23-59-5)19-8-26-64(53,54)55)9-6-10-38-43(4,18-7-25-63(50,51)52)35-29-32(65(56,57)58)12-14-36(35)45(38)21-24-60-22-17-41(49)62-46-39(47)15-16-40(46)48/h6,9-14,27-29H,7-8,15-26H2,1-5H3,(H2-,50,51,52,53,54,55,56,57,58)/p+1. The van der Waals surface area contributed by atoms with Crippen LogP contribution in [-0.2, 0) is 69.9 Å². The lowest BCUT2D eigenvalue weighted by molar-refractivity contribution is -0.198. The van der Waals surface area contributed by atoms with E-state index in [9.17, 15) is 53.3 Å². The minimum atomic E-state index is -4.67. The van der Waals surface area contributed by atoms with Crippen LogP contribution in [0.1, 0.15) is 83.1 Å². The number of fused-ring (bicyclic) bond motifs is 2. The topological polar surface area (TPSA) is 265 Å². The van der Waals surface area contributed by atoms with Gasteiger partial charge in [0.05, 0.1) is 42.1 Å². The van der Waals surface area contributed by atoms with Crippen molar-refractivity contribution in [1.29, 1.82) is 0 Å². The molecule has 19 nitrogen and oxygen atoms in total. The summed E-state index contributed by atoms with van der Waals surface area (Å²) in [5.41, 5.74) is 1.87. The number of hydroxylamine groups is 2. The van der Waals surface area contributed by atoms with E-state index in [0.29, 0.717) is 53.2 Å². The van der Waals surface area contributed by atoms with Crippen LogP contribution < -0.4 is 14.8 Å². The van der Waals surface area contributed by atoms with Gasteiger partial charge in [-0.1, -0.05) is 26.8 Å². The second-order valence-corrected chi connectivity index (χ2v) is 21.5. The first-order chi connectivity index (χ1) is 30.3. The molecule has 1 unspecified atom stereocenters. The Hall–Kier alpha value is -4.81. The van der Waals surface area contributed by atoms with Crippen molar-refractivity contribution < 1.29 is 72.0 Å². The van der Waals surface area contributed by atoms with E-state index in [2.05, 4.69) is 20.8 Å². The molecule has 1 fully saturated rings. The molecule has 0 aromatic heterocycles. The molecule has 1 atom stereocenters. The van der Waals surface area contributed by atoms with E-state index in [1.807, 2.05) is 33.7 Å². The molecule has 1 saturated heterocycles. The van der Waals surface area contributed by atoms with Gasteiger partial charge in [-0.3, -0.25) is 23.2 Å². The van der Waals surface area contributed by atoms with E-state index in [0.717, 1.165) is 16.5 Å². The van der Waals surface area contributed by atoms with Gasteiger partial charge < -0.3 is 23.6 Å². The van der Waals surface area contributed by atoms with Gasteiger partial charge in [-0.25, -0.2) is 9.37 Å². The van der Waals surface area contributed by atoms with E-state index in [4.69, 9.17) is 18.7 Å². The zero-order chi connectivity index (χ0) is 48.0. The smallest absolute Gasteiger partial charge is 0.335 e. The number of amides is 2. The molecule has 0 radical (unpaired) electrons. The third-order valence-corrected chi connectivity index (χ3v) is 13.5. The first-order valence-electron chi connectivity index (χ1n) is 20.8. The van der Waals surface area contributed by atoms with Crippen LogP contribution in [0.4, 0.5) is 5.69 Å². The molecule has 65 heavy (non-hydrogen) atoms. The van der Waals surface area contributed by atoms with Crippen molar-refractivity contribution in [3.8, 4) is 11.3 Å². The molecular formula is C43H56N3O16S3+. The molecule has 1 aromatic carbocycles. The Bertz CT molecular complexity index is 2700. The maximum absolute atomic E-state index is 12.4. The summed E-state index contributed by atoms with van der Waals surface area (Å²) < 4.78 is 120. The van der Waals surface area contributed by atoms with Gasteiger partial charge >= 0.3 is 5.97 Å². The number of ether oxygens (including phenoxy) is 2. The summed E-state index contributed by atoms with van der Waals surface area (Å²) in [5.74, 6) is -2.09. The maximum atomic E-state index is 12.4. The van der Waals surface area contributed by atoms with E-state index in [1.165, 1.54) is 18.2 Å². The van der Waals surface area contributed by atoms with Crippen molar-refractivity contribution in [2.75, 3.05) is 63.0 Å². The van der Waals surface area contributed by atoms with Gasteiger partial charge in [0.15, 0.2) is 6.54 Å². The predicted molar refractivity (Wildman–Crippen MR) is 238 cm³/mol. The summed E-state index contributed by atoms with van der Waals surface area (Å²) in [4.78, 5) is 42.5. The maximum Gasteiger partial charge on any atom is 0.335 e. The highest BCUT2D eigenvalue weighted by molar-refractivity contribution is 7.86. The van der Waals surface area contributed by atoms with Gasteiger partial charge in [0.1, 0.15) is 24.7 Å². The molecule has 3 N–H and O–H groups in total. The fourth-order valence-corrected chi connectivity index (χ4v) is 9.37. The quantitative estimate of drug-likeness (QED) is 0.0590. The number of hydrogen-bond donors (Lipinski definition) is 3. The summed E-state index contributed by atoms with van der Waals surface area (Å²) >= 11 is 0. The SMILES string of the molecule is COCC[N+](CCCS(=O)(=O)O)=c1ccc2c(C(C)(C)C)cc(/C=C/C=C3/N(CCOCCC(=O)ON4C(=O)CCC4=O)c4ccc(S(=O)(=O)O)cc4C3(C)CCCS(=O)(=O)O)oc-2c1. The van der Waals surface area contributed by atoms with Crippen molar-refractivity contribution >= 4 is 59.9 Å². The lowest BCUT2D eigenvalue weighted by Gasteiger charge is -2.30. The molecule has 2 amide bonds. The molecule has 0 saturated carbocycles. The normalized spacial score (nSPS) is 18.4. The average molecular weight is 967 g/mol. The van der Waals surface area contributed by atoms with Crippen LogP contribution in [-0.4, -0.2) is 120 Å². The zero-order valence-electron chi connectivity index (χ0n) is 36.9. The molecule has 3 heterocycles. The fourth-order valence-electron chi connectivity index (χ4n) is 7.86. The number of anilines is 1. The van der Waals surface area contributed by atoms with Gasteiger partial charge in [-0.2, -0.15) is 25.3 Å². The van der Waals surface area contributed by atoms with E-state index in [-0.39, 0.29) is 68.6 Å². The summed E-state index contributed by atoms with van der Waals surface area (Å²) in [5, 5.41) is 1.18. The Morgan fingerprint density at radius 1 is 0.892 bits per heavy atom. The molecular weight excluding hydrogens is 911 g/mol. The Morgan fingerprint density at radius 3 is 2.20 bits per heavy atom. The first-order valence-corrected chi connectivity index (χ1v) is 25.4. The van der Waals surface area contributed by atoms with E-state index in [1.54, 1.807) is 32.3 Å². The minimum absolute atomic E-state index is 0.00495. The largest absolute Gasteiger partial charge is 0.456 e. The number of imide groups is 1. The Kier molecular flexibility index (Phi) is 16.4. The molecule has 5 rings (SSSR count). The highest BCUT2D eigenvalue weighted by Gasteiger charge is 2.44. The summed E-state index contributed by atoms with van der Waals surface area (Å²) in [6.07, 6.45) is 5.06. The molecule has 1 aromatic rings. The van der Waals surface area contributed by atoms with Crippen molar-refractivity contribution in [3.63, 3.8) is 0 Å². The monoisotopic (exact) mass is 966 g/mol. The van der Waals surface area contributed by atoms with E-state index >= 15 is 0 Å². The summed E-state index contributed by atoms with van der Waals surface area (Å²) in [6, 6.07) is 11.7. The molecule has 22 heteroatoms. The number of allylic oxidation sites excluding steroid dienone is 3. The molecule has 0 bridgehead atoms. The Labute approximate surface area is 378 Å². The van der Waals surface area contributed by atoms with Crippen LogP contribution in [0.5, 0.6) is 0 Å². The first kappa shape index (κ1) is 51.2. The van der Waals surface area contributed by atoms with Gasteiger partial charge in [0.25, 0.3) is 42.2 Å². The zero-order valence-corrected chi connectivity index (χ0v) is 39.3. The number of rotatable bonds is 21. The number of carbonyl (C=O) groups excluding carboxylic acids is 3. The Morgan fingerprint density at radius 2 is 1.57 bits per heavy atom. The third-order valence-electron chi connectivity index (χ3n) is 11.0. The average Bonchev–Trinajstić information content (AvgIpc) is 3.63. The highest BCUT2D eigenvalue weighted by atomic mass is 32.2. The van der Waals surface area contributed by atoms with Crippen LogP contribution in [0, 0.1) is 0 Å². The number of methoxy groups -OCH3 is 1. The Balaban J connectivity index is 1.54. The second kappa shape index (κ2) is 20.8. The van der Waals surface area contributed by atoms with E-state index < -0.39 is 65.1 Å². The lowest BCUT2D eigenvalue weighted by Crippen LogP contribution is -2.34. The lowest BCUT2D eigenvalue weighted by atomic mass is 9.77. The van der Waals surface area contributed by atoms with Crippen molar-refractivity contribution in [2.45, 2.75) is 81.9 Å². The van der Waals surface area contributed by atoms with Crippen LogP contribution in [0.15, 0.2) is 69.6 Å². The molecule has 4 aliphatic rings. The minimum Gasteiger partial charge on any atom is -0.456 e. The predicted octanol–water partition coefficient (Wildman–Crippen LogP) is 3.98. The van der Waals surface area contributed by atoms with Crippen LogP contribution in [0.2, 0.25) is 0 Å². The number of hydrogen-bond acceptors (Lipinski definition) is 14. The summed E-state index contributed by atoms with van der Waals surface area (Å²) in [6.45, 7) is 9.03. The van der Waals surface area contributed by atoms with Crippen LogP contribution in [0.3, 0.4) is 0 Å².